The zero-order chi connectivity index (χ0) is 12.0. The maximum absolute atomic E-state index is 12.4. The van der Waals surface area contributed by atoms with Gasteiger partial charge in [0, 0.05) is 16.0 Å². The molecule has 0 saturated heterocycles. The third-order valence-electron chi connectivity index (χ3n) is 2.95. The Labute approximate surface area is 120 Å². The summed E-state index contributed by atoms with van der Waals surface area (Å²) >= 11 is 9.01. The van der Waals surface area contributed by atoms with Crippen molar-refractivity contribution in [1.82, 2.24) is 0 Å². The smallest absolute Gasteiger partial charge is 0.194 e. The SMILES string of the molecule is O=C1c2ccccc2C(Br)C(Br)c2sccc21. The Balaban J connectivity index is 2.30. The largest absolute Gasteiger partial charge is 0.289 e. The van der Waals surface area contributed by atoms with Crippen LogP contribution in [0, 0.1) is 0 Å². The Kier molecular flexibility index (Phi) is 2.97. The molecule has 17 heavy (non-hydrogen) atoms. The summed E-state index contributed by atoms with van der Waals surface area (Å²) in [7, 11) is 0. The van der Waals surface area contributed by atoms with Crippen LogP contribution < -0.4 is 0 Å². The van der Waals surface area contributed by atoms with E-state index in [1.807, 2.05) is 35.7 Å². The molecule has 1 aliphatic rings. The number of thiophene rings is 1. The van der Waals surface area contributed by atoms with Crippen molar-refractivity contribution in [3.63, 3.8) is 0 Å². The van der Waals surface area contributed by atoms with Crippen molar-refractivity contribution in [3.05, 3.63) is 57.3 Å². The molecule has 0 radical (unpaired) electrons. The van der Waals surface area contributed by atoms with Gasteiger partial charge in [0.25, 0.3) is 0 Å². The average Bonchev–Trinajstić information content (AvgIpc) is 2.82. The number of ketones is 1. The molecule has 0 aliphatic heterocycles. The van der Waals surface area contributed by atoms with Crippen molar-refractivity contribution in [1.29, 1.82) is 0 Å². The summed E-state index contributed by atoms with van der Waals surface area (Å²) in [6.45, 7) is 0. The molecule has 4 heteroatoms. The first-order valence-electron chi connectivity index (χ1n) is 5.19. The highest BCUT2D eigenvalue weighted by Gasteiger charge is 2.32. The fourth-order valence-electron chi connectivity index (χ4n) is 2.10. The third kappa shape index (κ3) is 1.74. The van der Waals surface area contributed by atoms with E-state index in [-0.39, 0.29) is 15.4 Å². The number of fused-ring (bicyclic) bond motifs is 2. The van der Waals surface area contributed by atoms with E-state index in [9.17, 15) is 4.79 Å². The molecule has 1 aromatic carbocycles. The number of hydrogen-bond donors (Lipinski definition) is 0. The highest BCUT2D eigenvalue weighted by atomic mass is 79.9. The Morgan fingerprint density at radius 3 is 2.59 bits per heavy atom. The van der Waals surface area contributed by atoms with Gasteiger partial charge in [0.05, 0.1) is 9.65 Å². The first-order valence-corrected chi connectivity index (χ1v) is 7.90. The standard InChI is InChI=1S/C13H8Br2OS/c14-10-7-3-1-2-4-8(7)12(16)9-5-6-17-13(9)11(10)15/h1-6,10-11H. The van der Waals surface area contributed by atoms with Crippen LogP contribution >= 0.6 is 43.2 Å². The lowest BCUT2D eigenvalue weighted by Crippen LogP contribution is -2.02. The van der Waals surface area contributed by atoms with E-state index < -0.39 is 0 Å². The predicted molar refractivity (Wildman–Crippen MR) is 77.5 cm³/mol. The molecule has 2 aromatic rings. The van der Waals surface area contributed by atoms with E-state index in [4.69, 9.17) is 0 Å². The number of alkyl halides is 2. The normalized spacial score (nSPS) is 22.8. The summed E-state index contributed by atoms with van der Waals surface area (Å²) in [6, 6.07) is 9.71. The lowest BCUT2D eigenvalue weighted by Gasteiger charge is -2.15. The number of hydrogen-bond acceptors (Lipinski definition) is 2. The molecule has 1 aliphatic carbocycles. The average molecular weight is 372 g/mol. The summed E-state index contributed by atoms with van der Waals surface area (Å²) < 4.78 is 0. The number of halogens is 2. The second-order valence-electron chi connectivity index (χ2n) is 3.92. The van der Waals surface area contributed by atoms with Gasteiger partial charge in [-0.15, -0.1) is 11.3 Å². The van der Waals surface area contributed by atoms with Crippen molar-refractivity contribution in [2.45, 2.75) is 9.65 Å². The van der Waals surface area contributed by atoms with Crippen LogP contribution in [0.2, 0.25) is 0 Å². The van der Waals surface area contributed by atoms with Crippen LogP contribution in [0.25, 0.3) is 0 Å². The van der Waals surface area contributed by atoms with Crippen LogP contribution in [0.4, 0.5) is 0 Å². The number of carbonyl (C=O) groups is 1. The minimum absolute atomic E-state index is 0.127. The summed E-state index contributed by atoms with van der Waals surface area (Å²) in [6.07, 6.45) is 0. The molecule has 2 atom stereocenters. The minimum Gasteiger partial charge on any atom is -0.289 e. The van der Waals surface area contributed by atoms with Gasteiger partial charge in [-0.25, -0.2) is 0 Å². The molecule has 1 aromatic heterocycles. The molecular weight excluding hydrogens is 364 g/mol. The van der Waals surface area contributed by atoms with Crippen LogP contribution in [0.3, 0.4) is 0 Å². The number of rotatable bonds is 0. The molecule has 0 spiro atoms. The predicted octanol–water partition coefficient (Wildman–Crippen LogP) is 4.86. The van der Waals surface area contributed by atoms with E-state index in [2.05, 4.69) is 31.9 Å². The van der Waals surface area contributed by atoms with Crippen molar-refractivity contribution in [2.75, 3.05) is 0 Å². The van der Waals surface area contributed by atoms with Gasteiger partial charge >= 0.3 is 0 Å². The minimum atomic E-state index is 0.127. The highest BCUT2D eigenvalue weighted by Crippen LogP contribution is 2.49. The van der Waals surface area contributed by atoms with Crippen molar-refractivity contribution < 1.29 is 4.79 Å². The molecule has 2 unspecified atom stereocenters. The fourth-order valence-corrected chi connectivity index (χ4v) is 4.70. The Hall–Kier alpha value is -0.450. The molecular formula is C13H8Br2OS. The molecule has 86 valence electrons. The molecule has 0 fully saturated rings. The molecule has 0 bridgehead atoms. The summed E-state index contributed by atoms with van der Waals surface area (Å²) in [5, 5.41) is 1.98. The molecule has 0 amide bonds. The second kappa shape index (κ2) is 4.34. The van der Waals surface area contributed by atoms with E-state index in [1.165, 1.54) is 0 Å². The van der Waals surface area contributed by atoms with Gasteiger partial charge in [-0.1, -0.05) is 56.1 Å². The zero-order valence-corrected chi connectivity index (χ0v) is 12.7. The summed E-state index contributed by atoms with van der Waals surface area (Å²) in [5.41, 5.74) is 2.69. The molecule has 1 heterocycles. The Bertz CT molecular complexity index is 591. The van der Waals surface area contributed by atoms with Gasteiger partial charge in [-0.3, -0.25) is 4.79 Å². The van der Waals surface area contributed by atoms with Crippen LogP contribution in [0.15, 0.2) is 35.7 Å². The quantitative estimate of drug-likeness (QED) is 0.604. The van der Waals surface area contributed by atoms with E-state index in [0.717, 1.165) is 21.6 Å². The summed E-state index contributed by atoms with van der Waals surface area (Å²) in [5.74, 6) is 0.128. The van der Waals surface area contributed by atoms with Gasteiger partial charge in [0.2, 0.25) is 0 Å². The monoisotopic (exact) mass is 370 g/mol. The van der Waals surface area contributed by atoms with Gasteiger partial charge < -0.3 is 0 Å². The fraction of sp³-hybridized carbons (Fsp3) is 0.154. The maximum atomic E-state index is 12.4. The van der Waals surface area contributed by atoms with Crippen LogP contribution in [0.5, 0.6) is 0 Å². The van der Waals surface area contributed by atoms with E-state index >= 15 is 0 Å². The van der Waals surface area contributed by atoms with Gasteiger partial charge in [-0.05, 0) is 17.0 Å². The van der Waals surface area contributed by atoms with Crippen LogP contribution in [0.1, 0.15) is 36.0 Å². The van der Waals surface area contributed by atoms with Crippen molar-refractivity contribution in [3.8, 4) is 0 Å². The molecule has 0 saturated carbocycles. The van der Waals surface area contributed by atoms with E-state index in [0.29, 0.717) is 0 Å². The Morgan fingerprint density at radius 1 is 1.00 bits per heavy atom. The first kappa shape index (κ1) is 11.6. The molecule has 3 rings (SSSR count). The lowest BCUT2D eigenvalue weighted by atomic mass is 10.0. The van der Waals surface area contributed by atoms with Crippen LogP contribution in [-0.2, 0) is 0 Å². The Morgan fingerprint density at radius 2 is 1.76 bits per heavy atom. The van der Waals surface area contributed by atoms with Gasteiger partial charge in [0.15, 0.2) is 5.78 Å². The zero-order valence-electron chi connectivity index (χ0n) is 8.69. The van der Waals surface area contributed by atoms with Gasteiger partial charge in [-0.2, -0.15) is 0 Å². The van der Waals surface area contributed by atoms with Crippen molar-refractivity contribution in [2.24, 2.45) is 0 Å². The van der Waals surface area contributed by atoms with Crippen molar-refractivity contribution >= 4 is 49.0 Å². The second-order valence-corrected chi connectivity index (χ2v) is 6.84. The molecule has 0 N–H and O–H groups in total. The van der Waals surface area contributed by atoms with Gasteiger partial charge in [0.1, 0.15) is 0 Å². The van der Waals surface area contributed by atoms with Crippen LogP contribution in [-0.4, -0.2) is 5.78 Å². The third-order valence-corrected chi connectivity index (χ3v) is 6.97. The highest BCUT2D eigenvalue weighted by molar-refractivity contribution is 9.12. The molecule has 1 nitrogen and oxygen atoms in total. The first-order chi connectivity index (χ1) is 8.20. The van der Waals surface area contributed by atoms with E-state index in [1.54, 1.807) is 11.3 Å². The lowest BCUT2D eigenvalue weighted by molar-refractivity contribution is 0.103. The topological polar surface area (TPSA) is 17.1 Å². The maximum Gasteiger partial charge on any atom is 0.194 e. The number of carbonyl (C=O) groups excluding carboxylic acids is 1. The summed E-state index contributed by atoms with van der Waals surface area (Å²) in [4.78, 5) is 13.8. The number of benzene rings is 1.